The number of hydrogen-bond acceptors (Lipinski definition) is 3. The first-order valence-corrected chi connectivity index (χ1v) is 5.98. The van der Waals surface area contributed by atoms with Gasteiger partial charge in [-0.05, 0) is 24.0 Å². The minimum absolute atomic E-state index is 0.0888. The summed E-state index contributed by atoms with van der Waals surface area (Å²) < 4.78 is 10.7. The lowest BCUT2D eigenvalue weighted by Crippen LogP contribution is -2.05. The normalized spacial score (nSPS) is 10.8. The maximum absolute atomic E-state index is 9.09. The molecule has 0 aromatic heterocycles. The van der Waals surface area contributed by atoms with Gasteiger partial charge in [-0.1, -0.05) is 25.4 Å². The number of hydrogen-bond donors (Lipinski definition) is 1. The number of aliphatic hydroxyl groups is 1. The van der Waals surface area contributed by atoms with Crippen molar-refractivity contribution in [3.63, 3.8) is 0 Å². The van der Waals surface area contributed by atoms with Gasteiger partial charge < -0.3 is 14.6 Å². The van der Waals surface area contributed by atoms with Gasteiger partial charge in [0, 0.05) is 12.2 Å². The largest absolute Gasteiger partial charge is 0.492 e. The summed E-state index contributed by atoms with van der Waals surface area (Å²) in [7, 11) is 3.17. The van der Waals surface area contributed by atoms with Crippen LogP contribution in [0.1, 0.15) is 30.9 Å². The Morgan fingerprint density at radius 2 is 1.82 bits per heavy atom. The van der Waals surface area contributed by atoms with E-state index < -0.39 is 0 Å². The second-order valence-corrected chi connectivity index (χ2v) is 4.53. The van der Waals surface area contributed by atoms with E-state index in [1.807, 2.05) is 6.07 Å². The van der Waals surface area contributed by atoms with E-state index in [2.05, 4.69) is 13.8 Å². The Bertz CT molecular complexity index is 389. The predicted octanol–water partition coefficient (Wildman–Crippen LogP) is 3.02. The molecule has 3 nitrogen and oxygen atoms in total. The topological polar surface area (TPSA) is 38.7 Å². The maximum atomic E-state index is 9.09. The van der Waals surface area contributed by atoms with Gasteiger partial charge in [0.15, 0.2) is 11.5 Å². The van der Waals surface area contributed by atoms with Crippen LogP contribution in [0.15, 0.2) is 6.07 Å². The van der Waals surface area contributed by atoms with E-state index in [1.54, 1.807) is 14.2 Å². The van der Waals surface area contributed by atoms with Crippen molar-refractivity contribution >= 4 is 11.6 Å². The quantitative estimate of drug-likeness (QED) is 0.882. The molecule has 0 aliphatic heterocycles. The fraction of sp³-hybridized carbons (Fsp3) is 0.538. The van der Waals surface area contributed by atoms with Crippen LogP contribution in [0.5, 0.6) is 11.5 Å². The minimum atomic E-state index is 0.0888. The zero-order valence-corrected chi connectivity index (χ0v) is 11.5. The molecule has 96 valence electrons. The Balaban J connectivity index is 3.47. The lowest BCUT2D eigenvalue weighted by molar-refractivity contribution is 0.298. The average Bonchev–Trinajstić information content (AvgIpc) is 2.27. The van der Waals surface area contributed by atoms with Crippen molar-refractivity contribution < 1.29 is 14.6 Å². The summed E-state index contributed by atoms with van der Waals surface area (Å²) in [6.07, 6.45) is 0.563. The smallest absolute Gasteiger partial charge is 0.179 e. The standard InChI is InChI=1S/C13H19ClO3/c1-8(2)11-9(5-6-15)7-10(14)12(16-3)13(11)17-4/h7-8,15H,5-6H2,1-4H3. The van der Waals surface area contributed by atoms with Gasteiger partial charge >= 0.3 is 0 Å². The number of benzene rings is 1. The number of aliphatic hydroxyl groups excluding tert-OH is 1. The Labute approximate surface area is 107 Å². The molecule has 0 fully saturated rings. The molecule has 0 amide bonds. The van der Waals surface area contributed by atoms with E-state index in [9.17, 15) is 0 Å². The van der Waals surface area contributed by atoms with Crippen LogP contribution in [0.2, 0.25) is 5.02 Å². The zero-order chi connectivity index (χ0) is 13.0. The monoisotopic (exact) mass is 258 g/mol. The Kier molecular flexibility index (Phi) is 5.09. The van der Waals surface area contributed by atoms with Crippen molar-refractivity contribution in [3.8, 4) is 11.5 Å². The Hall–Kier alpha value is -0.930. The molecule has 0 unspecified atom stereocenters. The lowest BCUT2D eigenvalue weighted by atomic mass is 9.94. The molecule has 1 aromatic rings. The van der Waals surface area contributed by atoms with E-state index in [0.29, 0.717) is 22.9 Å². The highest BCUT2D eigenvalue weighted by atomic mass is 35.5. The molecule has 17 heavy (non-hydrogen) atoms. The molecule has 0 spiro atoms. The molecule has 0 saturated heterocycles. The Morgan fingerprint density at radius 3 is 2.24 bits per heavy atom. The van der Waals surface area contributed by atoms with Gasteiger partial charge in [-0.25, -0.2) is 0 Å². The predicted molar refractivity (Wildman–Crippen MR) is 69.4 cm³/mol. The molecule has 4 heteroatoms. The second kappa shape index (κ2) is 6.12. The summed E-state index contributed by atoms with van der Waals surface area (Å²) in [5.74, 6) is 1.50. The van der Waals surface area contributed by atoms with Crippen LogP contribution in [0.4, 0.5) is 0 Å². The number of halogens is 1. The number of rotatable bonds is 5. The van der Waals surface area contributed by atoms with Gasteiger partial charge in [0.1, 0.15) is 0 Å². The molecule has 0 radical (unpaired) electrons. The van der Waals surface area contributed by atoms with Crippen molar-refractivity contribution in [1.29, 1.82) is 0 Å². The number of ether oxygens (including phenoxy) is 2. The molecular formula is C13H19ClO3. The summed E-state index contributed by atoms with van der Waals surface area (Å²) in [5.41, 5.74) is 2.05. The summed E-state index contributed by atoms with van der Waals surface area (Å²) in [6, 6.07) is 1.84. The first-order chi connectivity index (χ1) is 8.06. The van der Waals surface area contributed by atoms with Crippen LogP contribution in [-0.2, 0) is 6.42 Å². The van der Waals surface area contributed by atoms with Crippen LogP contribution in [0.3, 0.4) is 0 Å². The third-order valence-corrected chi connectivity index (χ3v) is 2.96. The molecule has 1 rings (SSSR count). The molecule has 0 atom stereocenters. The molecule has 0 heterocycles. The van der Waals surface area contributed by atoms with Crippen molar-refractivity contribution in [1.82, 2.24) is 0 Å². The van der Waals surface area contributed by atoms with Crippen molar-refractivity contribution in [2.75, 3.05) is 20.8 Å². The number of methoxy groups -OCH3 is 2. The van der Waals surface area contributed by atoms with Crippen LogP contribution in [0.25, 0.3) is 0 Å². The van der Waals surface area contributed by atoms with Gasteiger partial charge in [-0.2, -0.15) is 0 Å². The van der Waals surface area contributed by atoms with Crippen LogP contribution >= 0.6 is 11.6 Å². The highest BCUT2D eigenvalue weighted by Crippen LogP contribution is 2.43. The summed E-state index contributed by atoms with van der Waals surface area (Å²) in [4.78, 5) is 0. The molecule has 0 bridgehead atoms. The molecular weight excluding hydrogens is 240 g/mol. The molecule has 1 N–H and O–H groups in total. The van der Waals surface area contributed by atoms with Gasteiger partial charge in [0.25, 0.3) is 0 Å². The van der Waals surface area contributed by atoms with Crippen LogP contribution in [0, 0.1) is 0 Å². The average molecular weight is 259 g/mol. The third kappa shape index (κ3) is 2.85. The van der Waals surface area contributed by atoms with Crippen molar-refractivity contribution in [3.05, 3.63) is 22.2 Å². The fourth-order valence-corrected chi connectivity index (χ4v) is 2.32. The SMILES string of the molecule is COc1c(Cl)cc(CCO)c(C(C)C)c1OC. The summed E-state index contributed by atoms with van der Waals surface area (Å²) in [6.45, 7) is 4.24. The maximum Gasteiger partial charge on any atom is 0.179 e. The summed E-state index contributed by atoms with van der Waals surface area (Å²) in [5, 5.41) is 9.60. The first-order valence-electron chi connectivity index (χ1n) is 5.60. The lowest BCUT2D eigenvalue weighted by Gasteiger charge is -2.20. The zero-order valence-electron chi connectivity index (χ0n) is 10.7. The van der Waals surface area contributed by atoms with Crippen LogP contribution in [-0.4, -0.2) is 25.9 Å². The van der Waals surface area contributed by atoms with Crippen molar-refractivity contribution in [2.45, 2.75) is 26.2 Å². The molecule has 0 saturated carbocycles. The molecule has 0 aliphatic carbocycles. The molecule has 0 aliphatic rings. The van der Waals surface area contributed by atoms with E-state index in [0.717, 1.165) is 11.1 Å². The van der Waals surface area contributed by atoms with E-state index in [4.69, 9.17) is 26.2 Å². The summed E-state index contributed by atoms with van der Waals surface area (Å²) >= 11 is 6.14. The van der Waals surface area contributed by atoms with Crippen LogP contribution < -0.4 is 9.47 Å². The van der Waals surface area contributed by atoms with Gasteiger partial charge in [0.05, 0.1) is 19.2 Å². The van der Waals surface area contributed by atoms with E-state index in [-0.39, 0.29) is 12.5 Å². The second-order valence-electron chi connectivity index (χ2n) is 4.13. The minimum Gasteiger partial charge on any atom is -0.492 e. The van der Waals surface area contributed by atoms with Gasteiger partial charge in [-0.15, -0.1) is 0 Å². The highest BCUT2D eigenvalue weighted by Gasteiger charge is 2.20. The molecule has 1 aromatic carbocycles. The fourth-order valence-electron chi connectivity index (χ4n) is 2.03. The van der Waals surface area contributed by atoms with Crippen molar-refractivity contribution in [2.24, 2.45) is 0 Å². The first kappa shape index (κ1) is 14.1. The highest BCUT2D eigenvalue weighted by molar-refractivity contribution is 6.32. The Morgan fingerprint density at radius 1 is 1.24 bits per heavy atom. The van der Waals surface area contributed by atoms with Gasteiger partial charge in [-0.3, -0.25) is 0 Å². The third-order valence-electron chi connectivity index (χ3n) is 2.68. The van der Waals surface area contributed by atoms with Gasteiger partial charge in [0.2, 0.25) is 0 Å². The van der Waals surface area contributed by atoms with E-state index >= 15 is 0 Å². The van der Waals surface area contributed by atoms with E-state index in [1.165, 1.54) is 0 Å².